The molecular weight excluding hydrogens is 382 g/mol. The molecule has 1 saturated heterocycles. The molecule has 0 saturated carbocycles. The van der Waals surface area contributed by atoms with Crippen molar-refractivity contribution in [3.8, 4) is 5.75 Å². The SMILES string of the molecule is Cc1cccc(OCCOC(=O)c2cccc(S(=O)(=O)N3CCOCC3)c2)c1. The second-order valence-electron chi connectivity index (χ2n) is 6.35. The lowest BCUT2D eigenvalue weighted by Gasteiger charge is -2.26. The Morgan fingerprint density at radius 1 is 1.07 bits per heavy atom. The predicted octanol–water partition coefficient (Wildman–Crippen LogP) is 2.25. The minimum atomic E-state index is -3.66. The molecule has 2 aromatic carbocycles. The normalized spacial score (nSPS) is 15.2. The van der Waals surface area contributed by atoms with Gasteiger partial charge in [0, 0.05) is 13.1 Å². The number of carbonyl (C=O) groups is 1. The molecule has 0 N–H and O–H groups in total. The second kappa shape index (κ2) is 9.18. The Morgan fingerprint density at radius 3 is 2.57 bits per heavy atom. The lowest BCUT2D eigenvalue weighted by atomic mass is 10.2. The number of nitrogens with zero attached hydrogens (tertiary/aromatic N) is 1. The quantitative estimate of drug-likeness (QED) is 0.519. The van der Waals surface area contributed by atoms with E-state index in [-0.39, 0.29) is 23.7 Å². The maximum Gasteiger partial charge on any atom is 0.338 e. The van der Waals surface area contributed by atoms with Crippen molar-refractivity contribution >= 4 is 16.0 Å². The maximum atomic E-state index is 12.7. The average molecular weight is 405 g/mol. The minimum Gasteiger partial charge on any atom is -0.490 e. The van der Waals surface area contributed by atoms with Crippen LogP contribution in [0.5, 0.6) is 5.75 Å². The molecule has 1 aliphatic heterocycles. The monoisotopic (exact) mass is 405 g/mol. The Balaban J connectivity index is 1.57. The van der Waals surface area contributed by atoms with Gasteiger partial charge in [0.05, 0.1) is 23.7 Å². The van der Waals surface area contributed by atoms with Crippen LogP contribution in [0, 0.1) is 6.92 Å². The van der Waals surface area contributed by atoms with Crippen LogP contribution in [0.4, 0.5) is 0 Å². The summed E-state index contributed by atoms with van der Waals surface area (Å²) in [4.78, 5) is 12.3. The van der Waals surface area contributed by atoms with Gasteiger partial charge < -0.3 is 14.2 Å². The van der Waals surface area contributed by atoms with Gasteiger partial charge in [0.2, 0.25) is 10.0 Å². The summed E-state index contributed by atoms with van der Waals surface area (Å²) in [6, 6.07) is 13.4. The van der Waals surface area contributed by atoms with E-state index >= 15 is 0 Å². The van der Waals surface area contributed by atoms with Crippen LogP contribution in [0.25, 0.3) is 0 Å². The van der Waals surface area contributed by atoms with Crippen LogP contribution in [0.3, 0.4) is 0 Å². The Hall–Kier alpha value is -2.42. The van der Waals surface area contributed by atoms with Crippen LogP contribution in [0.1, 0.15) is 15.9 Å². The molecular formula is C20H23NO6S. The standard InChI is InChI=1S/C20H23NO6S/c1-16-4-2-6-18(14-16)26-12-13-27-20(22)17-5-3-7-19(15-17)28(23,24)21-8-10-25-11-9-21/h2-7,14-15H,8-13H2,1H3. The molecule has 28 heavy (non-hydrogen) atoms. The molecule has 0 unspecified atom stereocenters. The lowest BCUT2D eigenvalue weighted by molar-refractivity contribution is 0.0450. The number of ether oxygens (including phenoxy) is 3. The van der Waals surface area contributed by atoms with Crippen LogP contribution >= 0.6 is 0 Å². The van der Waals surface area contributed by atoms with Crippen LogP contribution in [0.15, 0.2) is 53.4 Å². The van der Waals surface area contributed by atoms with Gasteiger partial charge in [-0.2, -0.15) is 4.31 Å². The number of hydrogen-bond donors (Lipinski definition) is 0. The van der Waals surface area contributed by atoms with Crippen LogP contribution < -0.4 is 4.74 Å². The fraction of sp³-hybridized carbons (Fsp3) is 0.350. The second-order valence-corrected chi connectivity index (χ2v) is 8.28. The smallest absolute Gasteiger partial charge is 0.338 e. The van der Waals surface area contributed by atoms with Crippen molar-refractivity contribution < 1.29 is 27.4 Å². The fourth-order valence-electron chi connectivity index (χ4n) is 2.80. The van der Waals surface area contributed by atoms with E-state index in [2.05, 4.69) is 0 Å². The largest absolute Gasteiger partial charge is 0.490 e. The molecule has 8 heteroatoms. The number of aryl methyl sites for hydroxylation is 1. The third kappa shape index (κ3) is 5.09. The molecule has 0 amide bonds. The van der Waals surface area contributed by atoms with Gasteiger partial charge in [0.25, 0.3) is 0 Å². The number of carbonyl (C=O) groups excluding carboxylic acids is 1. The lowest BCUT2D eigenvalue weighted by Crippen LogP contribution is -2.40. The first-order chi connectivity index (χ1) is 13.5. The zero-order valence-electron chi connectivity index (χ0n) is 15.7. The first-order valence-electron chi connectivity index (χ1n) is 9.01. The highest BCUT2D eigenvalue weighted by molar-refractivity contribution is 7.89. The molecule has 0 aromatic heterocycles. The van der Waals surface area contributed by atoms with Gasteiger partial charge in [-0.15, -0.1) is 0 Å². The third-order valence-corrected chi connectivity index (χ3v) is 6.15. The van der Waals surface area contributed by atoms with Gasteiger partial charge in [-0.05, 0) is 42.8 Å². The number of morpholine rings is 1. The minimum absolute atomic E-state index is 0.0627. The summed E-state index contributed by atoms with van der Waals surface area (Å²) < 4.78 is 42.7. The summed E-state index contributed by atoms with van der Waals surface area (Å²) >= 11 is 0. The maximum absolute atomic E-state index is 12.7. The van der Waals surface area contributed by atoms with Crippen LogP contribution in [-0.2, 0) is 19.5 Å². The molecule has 1 aliphatic rings. The van der Waals surface area contributed by atoms with Crippen molar-refractivity contribution in [1.82, 2.24) is 4.31 Å². The van der Waals surface area contributed by atoms with E-state index < -0.39 is 16.0 Å². The van der Waals surface area contributed by atoms with Gasteiger partial charge in [0.1, 0.15) is 19.0 Å². The molecule has 150 valence electrons. The topological polar surface area (TPSA) is 82.1 Å². The Morgan fingerprint density at radius 2 is 1.82 bits per heavy atom. The van der Waals surface area contributed by atoms with Gasteiger partial charge in [-0.1, -0.05) is 18.2 Å². The predicted molar refractivity (Wildman–Crippen MR) is 103 cm³/mol. The first kappa shape index (κ1) is 20.3. The van der Waals surface area contributed by atoms with E-state index in [1.807, 2.05) is 31.2 Å². The van der Waals surface area contributed by atoms with E-state index in [9.17, 15) is 13.2 Å². The Kier molecular flexibility index (Phi) is 6.66. The van der Waals surface area contributed by atoms with Crippen molar-refractivity contribution in [2.45, 2.75) is 11.8 Å². The summed E-state index contributed by atoms with van der Waals surface area (Å²) in [5.74, 6) is 0.113. The highest BCUT2D eigenvalue weighted by Crippen LogP contribution is 2.19. The molecule has 1 fully saturated rings. The van der Waals surface area contributed by atoms with E-state index in [1.165, 1.54) is 28.6 Å². The number of sulfonamides is 1. The van der Waals surface area contributed by atoms with Crippen LogP contribution in [0.2, 0.25) is 0 Å². The third-order valence-electron chi connectivity index (χ3n) is 4.25. The summed E-state index contributed by atoms with van der Waals surface area (Å²) in [6.07, 6.45) is 0. The first-order valence-corrected chi connectivity index (χ1v) is 10.5. The molecule has 0 atom stereocenters. The Bertz CT molecular complexity index is 922. The summed E-state index contributed by atoms with van der Waals surface area (Å²) in [6.45, 7) is 3.56. The molecule has 3 rings (SSSR count). The van der Waals surface area contributed by atoms with Gasteiger partial charge in [-0.25, -0.2) is 13.2 Å². The average Bonchev–Trinajstić information content (AvgIpc) is 2.72. The molecule has 0 radical (unpaired) electrons. The summed E-state index contributed by atoms with van der Waals surface area (Å²) in [7, 11) is -3.66. The number of esters is 1. The number of benzene rings is 2. The van der Waals surface area contributed by atoms with Crippen molar-refractivity contribution in [1.29, 1.82) is 0 Å². The molecule has 0 spiro atoms. The highest BCUT2D eigenvalue weighted by atomic mass is 32.2. The van der Waals surface area contributed by atoms with E-state index in [0.717, 1.165) is 5.56 Å². The van der Waals surface area contributed by atoms with Gasteiger partial charge in [0.15, 0.2) is 0 Å². The zero-order chi connectivity index (χ0) is 20.0. The summed E-state index contributed by atoms with van der Waals surface area (Å²) in [5.41, 5.74) is 1.26. The molecule has 0 bridgehead atoms. The van der Waals surface area contributed by atoms with Gasteiger partial charge >= 0.3 is 5.97 Å². The van der Waals surface area contributed by atoms with Crippen molar-refractivity contribution in [2.75, 3.05) is 39.5 Å². The van der Waals surface area contributed by atoms with E-state index in [0.29, 0.717) is 32.1 Å². The number of rotatable bonds is 7. The fourth-order valence-corrected chi connectivity index (χ4v) is 4.26. The molecule has 7 nitrogen and oxygen atoms in total. The van der Waals surface area contributed by atoms with Crippen molar-refractivity contribution in [3.63, 3.8) is 0 Å². The van der Waals surface area contributed by atoms with Crippen molar-refractivity contribution in [2.24, 2.45) is 0 Å². The zero-order valence-corrected chi connectivity index (χ0v) is 16.5. The van der Waals surface area contributed by atoms with Crippen LogP contribution in [-0.4, -0.2) is 58.2 Å². The van der Waals surface area contributed by atoms with Gasteiger partial charge in [-0.3, -0.25) is 0 Å². The molecule has 2 aromatic rings. The number of hydrogen-bond acceptors (Lipinski definition) is 6. The molecule has 1 heterocycles. The van der Waals surface area contributed by atoms with Crippen molar-refractivity contribution in [3.05, 3.63) is 59.7 Å². The molecule has 0 aliphatic carbocycles. The summed E-state index contributed by atoms with van der Waals surface area (Å²) in [5, 5.41) is 0. The highest BCUT2D eigenvalue weighted by Gasteiger charge is 2.27. The Labute approximate surface area is 164 Å². The van der Waals surface area contributed by atoms with E-state index in [1.54, 1.807) is 0 Å². The van der Waals surface area contributed by atoms with E-state index in [4.69, 9.17) is 14.2 Å².